The first-order valence-electron chi connectivity index (χ1n) is 16.2. The number of aliphatic hydroxyl groups is 3. The van der Waals surface area contributed by atoms with Crippen LogP contribution in [-0.4, -0.2) is 83.4 Å². The lowest BCUT2D eigenvalue weighted by Gasteiger charge is -2.59. The number of carbonyl (C=O) groups is 1. The van der Waals surface area contributed by atoms with Gasteiger partial charge in [-0.3, -0.25) is 9.53 Å². The highest BCUT2D eigenvalue weighted by molar-refractivity contribution is 5.96. The molecule has 0 radical (unpaired) electrons. The number of methoxy groups -OCH3 is 1. The molecule has 242 valence electrons. The quantitative estimate of drug-likeness (QED) is 0.384. The SMILES string of the molecule is COC1=C[C@H](C)O[C@@H](O[C@H]2CC[C@@]3(C)C(=CC[C@H]4[C@H]5CC[C@](O)([C@H](C)O[C@H]6O[C@@H](O)[C@H](O)[C@@H](C)O6)[C@@]5(C)CC[C@@H]43)C2)C1=O. The second kappa shape index (κ2) is 11.5. The van der Waals surface area contributed by atoms with Gasteiger partial charge in [-0.05, 0) is 101 Å². The molecule has 4 aliphatic carbocycles. The van der Waals surface area contributed by atoms with E-state index in [9.17, 15) is 20.1 Å². The number of aliphatic hydroxyl groups excluding tert-OH is 2. The zero-order chi connectivity index (χ0) is 30.9. The van der Waals surface area contributed by atoms with Gasteiger partial charge in [-0.25, -0.2) is 0 Å². The van der Waals surface area contributed by atoms with Crippen molar-refractivity contribution in [1.82, 2.24) is 0 Å². The maximum absolute atomic E-state index is 12.8. The Labute approximate surface area is 254 Å². The Bertz CT molecular complexity index is 1130. The first kappa shape index (κ1) is 31.6. The van der Waals surface area contributed by atoms with Gasteiger partial charge in [-0.2, -0.15) is 0 Å². The zero-order valence-corrected chi connectivity index (χ0v) is 26.4. The van der Waals surface area contributed by atoms with E-state index >= 15 is 0 Å². The number of ether oxygens (including phenoxy) is 6. The molecule has 2 aliphatic heterocycles. The number of Topliss-reactive ketones (excluding diaryl/α,β-unsaturated/α-hetero) is 1. The normalized spacial score (nSPS) is 50.6. The van der Waals surface area contributed by atoms with Crippen molar-refractivity contribution in [1.29, 1.82) is 0 Å². The van der Waals surface area contributed by atoms with Crippen LogP contribution in [0.5, 0.6) is 0 Å². The molecule has 0 amide bonds. The fourth-order valence-electron chi connectivity index (χ4n) is 9.66. The van der Waals surface area contributed by atoms with Crippen LogP contribution in [0.15, 0.2) is 23.5 Å². The maximum atomic E-state index is 12.8. The summed E-state index contributed by atoms with van der Waals surface area (Å²) in [5.74, 6) is 1.37. The molecule has 6 rings (SSSR count). The average molecular weight is 607 g/mol. The summed E-state index contributed by atoms with van der Waals surface area (Å²) in [6.07, 6.45) is 6.14. The molecule has 6 aliphatic rings. The van der Waals surface area contributed by atoms with Crippen molar-refractivity contribution >= 4 is 5.78 Å². The maximum Gasteiger partial charge on any atom is 0.274 e. The van der Waals surface area contributed by atoms with Gasteiger partial charge in [-0.15, -0.1) is 0 Å². The standard InChI is InChI=1S/C33H50O10/c1-17-15-25(38-6)27(35)29(39-17)42-21-9-12-31(4)20(16-21)7-8-22-23(31)10-13-32(5)24(22)11-14-33(32,37)19(3)41-30-40-18(2)26(34)28(36)43-30/h7,15,17-19,21-24,26,28-30,34,36-37H,8-14,16H2,1-6H3/t17-,18+,19-,21-,22+,23-,24+,26+,28+,29-,30-,31-,32-,33-/m0/s1. The Hall–Kier alpha value is -1.37. The molecule has 0 unspecified atom stereocenters. The highest BCUT2D eigenvalue weighted by Gasteiger charge is 2.65. The number of hydrogen-bond acceptors (Lipinski definition) is 10. The smallest absolute Gasteiger partial charge is 0.274 e. The van der Waals surface area contributed by atoms with Gasteiger partial charge in [0.25, 0.3) is 12.3 Å². The molecule has 4 fully saturated rings. The number of hydrogen-bond donors (Lipinski definition) is 3. The van der Waals surface area contributed by atoms with Crippen molar-refractivity contribution in [2.24, 2.45) is 28.6 Å². The Morgan fingerprint density at radius 3 is 2.49 bits per heavy atom. The average Bonchev–Trinajstić information content (AvgIpc) is 3.25. The second-order valence-electron chi connectivity index (χ2n) is 14.4. The van der Waals surface area contributed by atoms with Gasteiger partial charge in [0, 0.05) is 5.41 Å². The lowest BCUT2D eigenvalue weighted by Crippen LogP contribution is -2.60. The van der Waals surface area contributed by atoms with Crippen molar-refractivity contribution in [2.75, 3.05) is 7.11 Å². The van der Waals surface area contributed by atoms with Crippen LogP contribution in [0.2, 0.25) is 0 Å². The molecule has 10 heteroatoms. The molecule has 0 aromatic rings. The summed E-state index contributed by atoms with van der Waals surface area (Å²) in [5, 5.41) is 32.3. The van der Waals surface area contributed by atoms with E-state index in [1.807, 2.05) is 13.8 Å². The fraction of sp³-hybridized carbons (Fsp3) is 0.848. The first-order valence-corrected chi connectivity index (χ1v) is 16.2. The predicted molar refractivity (Wildman–Crippen MR) is 154 cm³/mol. The Balaban J connectivity index is 1.14. The number of fused-ring (bicyclic) bond motifs is 5. The van der Waals surface area contributed by atoms with Gasteiger partial charge in [0.1, 0.15) is 6.10 Å². The van der Waals surface area contributed by atoms with E-state index in [0.29, 0.717) is 29.9 Å². The van der Waals surface area contributed by atoms with Crippen molar-refractivity contribution in [3.8, 4) is 0 Å². The van der Waals surface area contributed by atoms with Gasteiger partial charge >= 0.3 is 0 Å². The van der Waals surface area contributed by atoms with Gasteiger partial charge in [-0.1, -0.05) is 25.5 Å². The zero-order valence-electron chi connectivity index (χ0n) is 26.4. The molecular formula is C33H50O10. The molecule has 0 spiro atoms. The topological polar surface area (TPSA) is 133 Å². The van der Waals surface area contributed by atoms with E-state index in [0.717, 1.165) is 44.9 Å². The highest BCUT2D eigenvalue weighted by atomic mass is 16.9. The fourth-order valence-corrected chi connectivity index (χ4v) is 9.66. The van der Waals surface area contributed by atoms with Crippen molar-refractivity contribution in [3.05, 3.63) is 23.5 Å². The van der Waals surface area contributed by atoms with Crippen molar-refractivity contribution in [2.45, 2.75) is 141 Å². The summed E-state index contributed by atoms with van der Waals surface area (Å²) in [7, 11) is 1.50. The van der Waals surface area contributed by atoms with Gasteiger partial charge in [0.05, 0.1) is 37.1 Å². The van der Waals surface area contributed by atoms with E-state index in [-0.39, 0.29) is 28.8 Å². The molecule has 0 bridgehead atoms. The Morgan fingerprint density at radius 2 is 1.77 bits per heavy atom. The summed E-state index contributed by atoms with van der Waals surface area (Å²) in [6.45, 7) is 8.88. The summed E-state index contributed by atoms with van der Waals surface area (Å²) >= 11 is 0. The summed E-state index contributed by atoms with van der Waals surface area (Å²) < 4.78 is 34.4. The number of allylic oxidation sites excluding steroid dienone is 1. The third kappa shape index (κ3) is 5.14. The molecule has 1 saturated heterocycles. The van der Waals surface area contributed by atoms with Crippen LogP contribution in [0.1, 0.15) is 86.0 Å². The molecule has 0 aromatic carbocycles. The van der Waals surface area contributed by atoms with E-state index in [1.165, 1.54) is 12.7 Å². The molecule has 43 heavy (non-hydrogen) atoms. The first-order chi connectivity index (χ1) is 20.3. The van der Waals surface area contributed by atoms with Gasteiger partial charge < -0.3 is 39.0 Å². The molecule has 0 aromatic heterocycles. The molecule has 3 N–H and O–H groups in total. The lowest BCUT2D eigenvalue weighted by atomic mass is 9.46. The van der Waals surface area contributed by atoms with Crippen LogP contribution in [0, 0.1) is 28.6 Å². The van der Waals surface area contributed by atoms with Crippen LogP contribution in [0.3, 0.4) is 0 Å². The molecular weight excluding hydrogens is 556 g/mol. The Kier molecular flexibility index (Phi) is 8.42. The summed E-state index contributed by atoms with van der Waals surface area (Å²) in [5.41, 5.74) is 0.0796. The van der Waals surface area contributed by atoms with Crippen molar-refractivity contribution < 1.29 is 48.5 Å². The van der Waals surface area contributed by atoms with Gasteiger partial charge in [0.2, 0.25) is 6.29 Å². The van der Waals surface area contributed by atoms with Crippen LogP contribution >= 0.6 is 0 Å². The predicted octanol–water partition coefficient (Wildman–Crippen LogP) is 3.71. The van der Waals surface area contributed by atoms with Crippen molar-refractivity contribution in [3.63, 3.8) is 0 Å². The summed E-state index contributed by atoms with van der Waals surface area (Å²) in [4.78, 5) is 12.8. The van der Waals surface area contributed by atoms with Crippen LogP contribution in [-0.2, 0) is 33.2 Å². The van der Waals surface area contributed by atoms with Crippen LogP contribution in [0.25, 0.3) is 0 Å². The highest BCUT2D eigenvalue weighted by Crippen LogP contribution is 2.68. The molecule has 3 saturated carbocycles. The lowest BCUT2D eigenvalue weighted by molar-refractivity contribution is -0.419. The minimum absolute atomic E-state index is 0.0616. The third-order valence-corrected chi connectivity index (χ3v) is 12.3. The minimum atomic E-state index is -1.40. The molecule has 10 nitrogen and oxygen atoms in total. The van der Waals surface area contributed by atoms with E-state index in [2.05, 4.69) is 19.9 Å². The largest absolute Gasteiger partial charge is 0.493 e. The minimum Gasteiger partial charge on any atom is -0.493 e. The molecule has 14 atom stereocenters. The van der Waals surface area contributed by atoms with E-state index < -0.39 is 43.0 Å². The second-order valence-corrected chi connectivity index (χ2v) is 14.4. The molecule has 2 heterocycles. The van der Waals surface area contributed by atoms with E-state index in [1.54, 1.807) is 13.0 Å². The van der Waals surface area contributed by atoms with Crippen LogP contribution < -0.4 is 0 Å². The number of carbonyl (C=O) groups excluding carboxylic acids is 1. The monoisotopic (exact) mass is 606 g/mol. The number of ketones is 1. The Morgan fingerprint density at radius 1 is 1.02 bits per heavy atom. The summed E-state index contributed by atoms with van der Waals surface area (Å²) in [6, 6.07) is 0. The van der Waals surface area contributed by atoms with Crippen LogP contribution in [0.4, 0.5) is 0 Å². The van der Waals surface area contributed by atoms with Gasteiger partial charge in [0.15, 0.2) is 12.0 Å². The third-order valence-electron chi connectivity index (χ3n) is 12.3. The van der Waals surface area contributed by atoms with E-state index in [4.69, 9.17) is 28.4 Å². The number of rotatable bonds is 6.